The SMILES string of the molecule is CNCC(C)(C)c1nc(-c2cccc(F)c2)cs1. The van der Waals surface area contributed by atoms with Crippen molar-refractivity contribution in [2.45, 2.75) is 19.3 Å². The largest absolute Gasteiger partial charge is 0.319 e. The summed E-state index contributed by atoms with van der Waals surface area (Å²) in [7, 11) is 1.93. The lowest BCUT2D eigenvalue weighted by Gasteiger charge is -2.20. The van der Waals surface area contributed by atoms with E-state index in [9.17, 15) is 4.39 Å². The highest BCUT2D eigenvalue weighted by atomic mass is 32.1. The fourth-order valence-electron chi connectivity index (χ4n) is 1.88. The number of nitrogens with one attached hydrogen (secondary N) is 1. The summed E-state index contributed by atoms with van der Waals surface area (Å²) in [5, 5.41) is 6.22. The van der Waals surface area contributed by atoms with E-state index in [0.29, 0.717) is 0 Å². The predicted octanol–water partition coefficient (Wildman–Crippen LogP) is 3.45. The van der Waals surface area contributed by atoms with Gasteiger partial charge in [0.15, 0.2) is 0 Å². The minimum Gasteiger partial charge on any atom is -0.319 e. The van der Waals surface area contributed by atoms with Crippen molar-refractivity contribution in [3.05, 3.63) is 40.5 Å². The molecule has 0 spiro atoms. The predicted molar refractivity (Wildman–Crippen MR) is 74.5 cm³/mol. The van der Waals surface area contributed by atoms with Crippen LogP contribution in [-0.4, -0.2) is 18.6 Å². The lowest BCUT2D eigenvalue weighted by atomic mass is 9.94. The number of halogens is 1. The van der Waals surface area contributed by atoms with Crippen LogP contribution in [0.15, 0.2) is 29.6 Å². The standard InChI is InChI=1S/C14H17FN2S/c1-14(2,9-16-3)13-17-12(8-18-13)10-5-4-6-11(15)7-10/h4-8,16H,9H2,1-3H3. The van der Waals surface area contributed by atoms with Crippen LogP contribution in [0.3, 0.4) is 0 Å². The molecule has 0 fully saturated rings. The molecular formula is C14H17FN2S. The van der Waals surface area contributed by atoms with E-state index in [1.807, 2.05) is 18.5 Å². The Morgan fingerprint density at radius 1 is 1.39 bits per heavy atom. The maximum absolute atomic E-state index is 13.2. The van der Waals surface area contributed by atoms with Gasteiger partial charge in [-0.15, -0.1) is 11.3 Å². The molecule has 0 saturated heterocycles. The van der Waals surface area contributed by atoms with E-state index < -0.39 is 0 Å². The van der Waals surface area contributed by atoms with Crippen LogP contribution in [0.5, 0.6) is 0 Å². The van der Waals surface area contributed by atoms with Crippen molar-refractivity contribution in [3.8, 4) is 11.3 Å². The molecule has 2 nitrogen and oxygen atoms in total. The number of thiazole rings is 1. The molecule has 0 aliphatic heterocycles. The second-order valence-electron chi connectivity index (χ2n) is 4.96. The van der Waals surface area contributed by atoms with E-state index in [4.69, 9.17) is 0 Å². The quantitative estimate of drug-likeness (QED) is 0.915. The second kappa shape index (κ2) is 5.16. The van der Waals surface area contributed by atoms with Gasteiger partial charge in [0.1, 0.15) is 10.8 Å². The van der Waals surface area contributed by atoms with Crippen LogP contribution in [0.25, 0.3) is 11.3 Å². The van der Waals surface area contributed by atoms with Gasteiger partial charge in [-0.05, 0) is 19.2 Å². The first-order chi connectivity index (χ1) is 8.53. The Kier molecular flexibility index (Phi) is 3.78. The molecule has 4 heteroatoms. The highest BCUT2D eigenvalue weighted by Gasteiger charge is 2.23. The first kappa shape index (κ1) is 13.2. The van der Waals surface area contributed by atoms with Gasteiger partial charge in [0, 0.05) is 22.9 Å². The normalized spacial score (nSPS) is 11.8. The Hall–Kier alpha value is -1.26. The van der Waals surface area contributed by atoms with E-state index >= 15 is 0 Å². The van der Waals surface area contributed by atoms with Crippen LogP contribution >= 0.6 is 11.3 Å². The number of likely N-dealkylation sites (N-methyl/N-ethyl adjacent to an activating group) is 1. The molecule has 0 aliphatic rings. The zero-order chi connectivity index (χ0) is 13.2. The van der Waals surface area contributed by atoms with Gasteiger partial charge in [-0.3, -0.25) is 0 Å². The van der Waals surface area contributed by atoms with Crippen molar-refractivity contribution in [1.29, 1.82) is 0 Å². The van der Waals surface area contributed by atoms with E-state index in [1.165, 1.54) is 12.1 Å². The van der Waals surface area contributed by atoms with Gasteiger partial charge in [-0.25, -0.2) is 9.37 Å². The van der Waals surface area contributed by atoms with Gasteiger partial charge in [0.05, 0.1) is 5.69 Å². The number of benzene rings is 1. The van der Waals surface area contributed by atoms with Crippen LogP contribution in [0.1, 0.15) is 18.9 Å². The molecule has 2 aromatic rings. The van der Waals surface area contributed by atoms with E-state index in [0.717, 1.165) is 22.8 Å². The van der Waals surface area contributed by atoms with Gasteiger partial charge in [0.25, 0.3) is 0 Å². The molecule has 1 aromatic heterocycles. The van der Waals surface area contributed by atoms with Crippen LogP contribution in [0.4, 0.5) is 4.39 Å². The van der Waals surface area contributed by atoms with Crippen molar-refractivity contribution < 1.29 is 4.39 Å². The Balaban J connectivity index is 2.31. The van der Waals surface area contributed by atoms with Crippen molar-refractivity contribution in [2.75, 3.05) is 13.6 Å². The fraction of sp³-hybridized carbons (Fsp3) is 0.357. The summed E-state index contributed by atoms with van der Waals surface area (Å²) < 4.78 is 13.2. The first-order valence-electron chi connectivity index (χ1n) is 5.89. The van der Waals surface area contributed by atoms with Gasteiger partial charge in [-0.1, -0.05) is 26.0 Å². The molecule has 96 valence electrons. The number of nitrogens with zero attached hydrogens (tertiary/aromatic N) is 1. The van der Waals surface area contributed by atoms with Crippen LogP contribution in [0, 0.1) is 5.82 Å². The van der Waals surface area contributed by atoms with Gasteiger partial charge in [-0.2, -0.15) is 0 Å². The number of aromatic nitrogens is 1. The number of hydrogen-bond donors (Lipinski definition) is 1. The molecule has 0 amide bonds. The summed E-state index contributed by atoms with van der Waals surface area (Å²) in [6.07, 6.45) is 0. The third kappa shape index (κ3) is 2.76. The van der Waals surface area contributed by atoms with Gasteiger partial charge >= 0.3 is 0 Å². The highest BCUT2D eigenvalue weighted by Crippen LogP contribution is 2.30. The number of hydrogen-bond acceptors (Lipinski definition) is 3. The molecule has 0 aliphatic carbocycles. The molecule has 0 radical (unpaired) electrons. The summed E-state index contributed by atoms with van der Waals surface area (Å²) in [6.45, 7) is 5.17. The summed E-state index contributed by atoms with van der Waals surface area (Å²) in [5.41, 5.74) is 1.67. The van der Waals surface area contributed by atoms with Gasteiger partial charge in [0.2, 0.25) is 0 Å². The second-order valence-corrected chi connectivity index (χ2v) is 5.82. The molecular weight excluding hydrogens is 247 g/mol. The Bertz CT molecular complexity index is 534. The Morgan fingerprint density at radius 3 is 2.83 bits per heavy atom. The molecule has 18 heavy (non-hydrogen) atoms. The average Bonchev–Trinajstić information content (AvgIpc) is 2.78. The van der Waals surface area contributed by atoms with Crippen molar-refractivity contribution in [2.24, 2.45) is 0 Å². The van der Waals surface area contributed by atoms with Crippen LogP contribution in [0.2, 0.25) is 0 Å². The monoisotopic (exact) mass is 264 g/mol. The molecule has 1 aromatic carbocycles. The third-order valence-electron chi connectivity index (χ3n) is 2.82. The van der Waals surface area contributed by atoms with Crippen molar-refractivity contribution in [1.82, 2.24) is 10.3 Å². The smallest absolute Gasteiger partial charge is 0.123 e. The topological polar surface area (TPSA) is 24.9 Å². The zero-order valence-corrected chi connectivity index (χ0v) is 11.6. The van der Waals surface area contributed by atoms with Crippen LogP contribution in [-0.2, 0) is 5.41 Å². The maximum Gasteiger partial charge on any atom is 0.123 e. The van der Waals surface area contributed by atoms with Crippen molar-refractivity contribution >= 4 is 11.3 Å². The fourth-order valence-corrected chi connectivity index (χ4v) is 2.84. The van der Waals surface area contributed by atoms with E-state index in [2.05, 4.69) is 24.1 Å². The molecule has 0 bridgehead atoms. The summed E-state index contributed by atoms with van der Waals surface area (Å²) in [4.78, 5) is 4.62. The lowest BCUT2D eigenvalue weighted by Crippen LogP contribution is -2.30. The summed E-state index contributed by atoms with van der Waals surface area (Å²) in [5.74, 6) is -0.225. The minimum absolute atomic E-state index is 0.00894. The third-order valence-corrected chi connectivity index (χ3v) is 4.03. The highest BCUT2D eigenvalue weighted by molar-refractivity contribution is 7.10. The molecule has 2 rings (SSSR count). The molecule has 0 unspecified atom stereocenters. The number of rotatable bonds is 4. The summed E-state index contributed by atoms with van der Waals surface area (Å²) >= 11 is 1.62. The van der Waals surface area contributed by atoms with E-state index in [1.54, 1.807) is 17.4 Å². The minimum atomic E-state index is -0.225. The summed E-state index contributed by atoms with van der Waals surface area (Å²) in [6, 6.07) is 6.56. The molecule has 1 heterocycles. The van der Waals surface area contributed by atoms with E-state index in [-0.39, 0.29) is 11.2 Å². The first-order valence-corrected chi connectivity index (χ1v) is 6.77. The molecule has 0 atom stereocenters. The Labute approximate surface area is 111 Å². The van der Waals surface area contributed by atoms with Crippen molar-refractivity contribution in [3.63, 3.8) is 0 Å². The lowest BCUT2D eigenvalue weighted by molar-refractivity contribution is 0.491. The molecule has 1 N–H and O–H groups in total. The maximum atomic E-state index is 13.2. The average molecular weight is 264 g/mol. The zero-order valence-electron chi connectivity index (χ0n) is 10.8. The molecule has 0 saturated carbocycles. The Morgan fingerprint density at radius 2 is 2.17 bits per heavy atom. The van der Waals surface area contributed by atoms with Gasteiger partial charge < -0.3 is 5.32 Å². The van der Waals surface area contributed by atoms with Crippen LogP contribution < -0.4 is 5.32 Å².